The molecule has 0 aliphatic rings. The fourth-order valence-corrected chi connectivity index (χ4v) is 2.90. The van der Waals surface area contributed by atoms with Crippen molar-refractivity contribution in [1.82, 2.24) is 4.90 Å². The first kappa shape index (κ1) is 30.5. The second-order valence-electron chi connectivity index (χ2n) is 8.27. The van der Waals surface area contributed by atoms with Gasteiger partial charge in [0.15, 0.2) is 6.10 Å². The molecule has 35 heavy (non-hydrogen) atoms. The number of aliphatic carboxylic acids is 1. The molecule has 0 aliphatic heterocycles. The van der Waals surface area contributed by atoms with E-state index in [1.807, 2.05) is 13.8 Å². The van der Waals surface area contributed by atoms with Crippen LogP contribution in [-0.2, 0) is 25.4 Å². The zero-order valence-electron chi connectivity index (χ0n) is 20.5. The van der Waals surface area contributed by atoms with E-state index in [0.717, 1.165) is 5.56 Å². The van der Waals surface area contributed by atoms with Crippen LogP contribution in [0, 0.1) is 5.92 Å². The molecule has 0 aromatic heterocycles. The van der Waals surface area contributed by atoms with Crippen molar-refractivity contribution in [3.05, 3.63) is 29.8 Å². The molecule has 0 heterocycles. The molecule has 0 aliphatic carbocycles. The van der Waals surface area contributed by atoms with Gasteiger partial charge in [-0.05, 0) is 37.0 Å². The summed E-state index contributed by atoms with van der Waals surface area (Å²) in [4.78, 5) is 25.0. The number of carbonyl (C=O) groups is 2. The summed E-state index contributed by atoms with van der Waals surface area (Å²) in [6.45, 7) is 6.60. The molecular weight excluding hydrogens is 471 g/mol. The van der Waals surface area contributed by atoms with E-state index in [4.69, 9.17) is 18.9 Å². The molecule has 1 atom stereocenters. The smallest absolute Gasteiger partial charge is 0.409 e. The Morgan fingerprint density at radius 2 is 1.71 bits per heavy atom. The quantitative estimate of drug-likeness (QED) is 0.309. The summed E-state index contributed by atoms with van der Waals surface area (Å²) >= 11 is 0. The monoisotopic (exact) mass is 507 g/mol. The average molecular weight is 508 g/mol. The zero-order valence-corrected chi connectivity index (χ0v) is 20.5. The van der Waals surface area contributed by atoms with E-state index in [1.165, 1.54) is 4.90 Å². The van der Waals surface area contributed by atoms with Gasteiger partial charge in [0.05, 0.1) is 19.8 Å². The summed E-state index contributed by atoms with van der Waals surface area (Å²) in [6.07, 6.45) is -6.52. The van der Waals surface area contributed by atoms with Crippen molar-refractivity contribution in [2.75, 3.05) is 46.1 Å². The maximum absolute atomic E-state index is 12.4. The Morgan fingerprint density at radius 3 is 2.29 bits per heavy atom. The number of amides is 1. The van der Waals surface area contributed by atoms with E-state index in [9.17, 15) is 27.9 Å². The fourth-order valence-electron chi connectivity index (χ4n) is 2.90. The number of hydrogen-bond acceptors (Lipinski definition) is 6. The lowest BCUT2D eigenvalue weighted by atomic mass is 10.1. The topological polar surface area (TPSA) is 94.5 Å². The molecule has 0 radical (unpaired) electrons. The van der Waals surface area contributed by atoms with Gasteiger partial charge in [0.2, 0.25) is 0 Å². The number of rotatable bonds is 17. The van der Waals surface area contributed by atoms with Crippen LogP contribution in [0.15, 0.2) is 24.3 Å². The number of carboxylic acid groups (broad SMARTS) is 1. The first-order valence-electron chi connectivity index (χ1n) is 11.6. The summed E-state index contributed by atoms with van der Waals surface area (Å²) in [5, 5.41) is 9.19. The molecule has 1 unspecified atom stereocenters. The van der Waals surface area contributed by atoms with Gasteiger partial charge >= 0.3 is 18.2 Å². The standard InChI is InChI=1S/C24H36F3NO7/c1-4-33-21(22(29)30)16-19-6-8-20(9-7-19)34-15-12-28(23(31)35-17-18(2)3)11-14-32-13-5-10-24(25,26)27/h6-9,18,21H,4-5,10-17H2,1-3H3,(H,29,30). The van der Waals surface area contributed by atoms with Crippen LogP contribution in [0.5, 0.6) is 5.75 Å². The minimum atomic E-state index is -4.22. The predicted molar refractivity (Wildman–Crippen MR) is 123 cm³/mol. The van der Waals surface area contributed by atoms with Gasteiger partial charge < -0.3 is 29.0 Å². The second-order valence-corrected chi connectivity index (χ2v) is 8.27. The van der Waals surface area contributed by atoms with Gasteiger partial charge in [0.1, 0.15) is 12.4 Å². The summed E-state index contributed by atoms with van der Waals surface area (Å²) in [5.74, 6) is -0.338. The van der Waals surface area contributed by atoms with E-state index in [2.05, 4.69) is 0 Å². The van der Waals surface area contributed by atoms with Gasteiger partial charge in [-0.3, -0.25) is 0 Å². The third-order valence-corrected chi connectivity index (χ3v) is 4.67. The van der Waals surface area contributed by atoms with Crippen LogP contribution in [-0.4, -0.2) is 80.5 Å². The first-order chi connectivity index (χ1) is 16.5. The highest BCUT2D eigenvalue weighted by Gasteiger charge is 2.26. The number of halogens is 3. The highest BCUT2D eigenvalue weighted by molar-refractivity contribution is 5.72. The third-order valence-electron chi connectivity index (χ3n) is 4.67. The first-order valence-corrected chi connectivity index (χ1v) is 11.6. The molecule has 1 amide bonds. The van der Waals surface area contributed by atoms with Gasteiger partial charge in [-0.1, -0.05) is 26.0 Å². The molecule has 0 fully saturated rings. The Morgan fingerprint density at radius 1 is 1.06 bits per heavy atom. The molecule has 0 bridgehead atoms. The van der Waals surface area contributed by atoms with Crippen molar-refractivity contribution in [2.45, 2.75) is 52.3 Å². The van der Waals surface area contributed by atoms with Crippen LogP contribution in [0.1, 0.15) is 39.2 Å². The van der Waals surface area contributed by atoms with E-state index in [-0.39, 0.29) is 58.3 Å². The molecule has 0 spiro atoms. The highest BCUT2D eigenvalue weighted by atomic mass is 19.4. The molecule has 0 saturated carbocycles. The van der Waals surface area contributed by atoms with Crippen LogP contribution in [0.3, 0.4) is 0 Å². The molecule has 0 saturated heterocycles. The fraction of sp³-hybridized carbons (Fsp3) is 0.667. The largest absolute Gasteiger partial charge is 0.492 e. The average Bonchev–Trinajstić information content (AvgIpc) is 2.78. The lowest BCUT2D eigenvalue weighted by molar-refractivity contribution is -0.150. The van der Waals surface area contributed by atoms with Crippen molar-refractivity contribution in [1.29, 1.82) is 0 Å². The molecular formula is C24H36F3NO7. The van der Waals surface area contributed by atoms with Gasteiger partial charge in [-0.25, -0.2) is 9.59 Å². The van der Waals surface area contributed by atoms with Crippen LogP contribution in [0.4, 0.5) is 18.0 Å². The van der Waals surface area contributed by atoms with Crippen molar-refractivity contribution in [3.63, 3.8) is 0 Å². The Bertz CT molecular complexity index is 742. The minimum absolute atomic E-state index is 0.0523. The lowest BCUT2D eigenvalue weighted by Gasteiger charge is -2.23. The summed E-state index contributed by atoms with van der Waals surface area (Å²) < 4.78 is 58.0. The summed E-state index contributed by atoms with van der Waals surface area (Å²) in [7, 11) is 0. The highest BCUT2D eigenvalue weighted by Crippen LogP contribution is 2.21. The van der Waals surface area contributed by atoms with Crippen LogP contribution < -0.4 is 4.74 Å². The van der Waals surface area contributed by atoms with Gasteiger partial charge in [-0.15, -0.1) is 0 Å². The molecule has 8 nitrogen and oxygen atoms in total. The third kappa shape index (κ3) is 14.5. The molecule has 1 aromatic rings. The number of hydrogen-bond donors (Lipinski definition) is 1. The second kappa shape index (κ2) is 16.2. The number of benzene rings is 1. The lowest BCUT2D eigenvalue weighted by Crippen LogP contribution is -2.38. The van der Waals surface area contributed by atoms with Gasteiger partial charge in [0, 0.05) is 32.6 Å². The van der Waals surface area contributed by atoms with Crippen molar-refractivity contribution < 1.29 is 46.8 Å². The Balaban J connectivity index is 2.53. The number of alkyl halides is 3. The number of ether oxygens (including phenoxy) is 4. The molecule has 11 heteroatoms. The summed E-state index contributed by atoms with van der Waals surface area (Å²) in [6, 6.07) is 6.89. The number of carbonyl (C=O) groups excluding carboxylic acids is 1. The summed E-state index contributed by atoms with van der Waals surface area (Å²) in [5.41, 5.74) is 0.778. The van der Waals surface area contributed by atoms with Crippen molar-refractivity contribution >= 4 is 12.1 Å². The molecule has 1 rings (SSSR count). The number of nitrogens with zero attached hydrogens (tertiary/aromatic N) is 1. The van der Waals surface area contributed by atoms with Crippen LogP contribution in [0.25, 0.3) is 0 Å². The Kier molecular flexibility index (Phi) is 14.1. The van der Waals surface area contributed by atoms with Crippen molar-refractivity contribution in [3.8, 4) is 5.75 Å². The van der Waals surface area contributed by atoms with Crippen molar-refractivity contribution in [2.24, 2.45) is 5.92 Å². The Labute approximate surface area is 204 Å². The van der Waals surface area contributed by atoms with Crippen LogP contribution >= 0.6 is 0 Å². The molecule has 1 N–H and O–H groups in total. The SMILES string of the molecule is CCOC(Cc1ccc(OCCN(CCOCCCC(F)(F)F)C(=O)OCC(C)C)cc1)C(=O)O. The minimum Gasteiger partial charge on any atom is -0.492 e. The normalized spacial score (nSPS) is 12.4. The van der Waals surface area contributed by atoms with Crippen LogP contribution in [0.2, 0.25) is 0 Å². The zero-order chi connectivity index (χ0) is 26.3. The maximum Gasteiger partial charge on any atom is 0.409 e. The van der Waals surface area contributed by atoms with E-state index >= 15 is 0 Å². The Hall–Kier alpha value is -2.53. The predicted octanol–water partition coefficient (Wildman–Crippen LogP) is 4.55. The van der Waals surface area contributed by atoms with E-state index in [1.54, 1.807) is 31.2 Å². The molecule has 1 aromatic carbocycles. The van der Waals surface area contributed by atoms with E-state index in [0.29, 0.717) is 12.4 Å². The van der Waals surface area contributed by atoms with Gasteiger partial charge in [0.25, 0.3) is 0 Å². The number of carboxylic acids is 1. The molecule has 200 valence electrons. The van der Waals surface area contributed by atoms with Gasteiger partial charge in [-0.2, -0.15) is 13.2 Å². The maximum atomic E-state index is 12.4. The van der Waals surface area contributed by atoms with E-state index < -0.39 is 30.8 Å².